The van der Waals surface area contributed by atoms with Crippen LogP contribution in [0.5, 0.6) is 0 Å². The number of hydrogen-bond donors (Lipinski definition) is 2. The van der Waals surface area contributed by atoms with Gasteiger partial charge in [-0.15, -0.1) is 0 Å². The molecule has 0 aliphatic carbocycles. The van der Waals surface area contributed by atoms with Crippen LogP contribution in [-0.2, 0) is 0 Å². The molecular formula is C17H28N2. The molecule has 2 unspecified atom stereocenters. The molecule has 0 radical (unpaired) electrons. The molecule has 1 aromatic carbocycles. The molecular weight excluding hydrogens is 232 g/mol. The van der Waals surface area contributed by atoms with Gasteiger partial charge in [-0.2, -0.15) is 0 Å². The summed E-state index contributed by atoms with van der Waals surface area (Å²) in [6.07, 6.45) is 2.62. The first-order valence-electron chi connectivity index (χ1n) is 7.51. The maximum atomic E-state index is 3.58. The fourth-order valence-electron chi connectivity index (χ4n) is 3.49. The van der Waals surface area contributed by atoms with Crippen molar-refractivity contribution in [3.63, 3.8) is 0 Å². The van der Waals surface area contributed by atoms with Crippen LogP contribution in [0.1, 0.15) is 46.7 Å². The average Bonchev–Trinajstić information content (AvgIpc) is 2.42. The summed E-state index contributed by atoms with van der Waals surface area (Å²) in [5, 5.41) is 7.13. The first-order chi connectivity index (χ1) is 9.06. The number of benzene rings is 1. The van der Waals surface area contributed by atoms with Crippen LogP contribution in [0.15, 0.2) is 6.07 Å². The quantitative estimate of drug-likeness (QED) is 0.872. The topological polar surface area (TPSA) is 24.1 Å². The van der Waals surface area contributed by atoms with Crippen molar-refractivity contribution in [2.24, 2.45) is 5.92 Å². The van der Waals surface area contributed by atoms with Crippen molar-refractivity contribution in [3.05, 3.63) is 33.9 Å². The Bertz CT molecular complexity index is 419. The van der Waals surface area contributed by atoms with Gasteiger partial charge in [-0.1, -0.05) is 6.07 Å². The average molecular weight is 260 g/mol. The van der Waals surface area contributed by atoms with Crippen LogP contribution in [-0.4, -0.2) is 20.1 Å². The van der Waals surface area contributed by atoms with E-state index in [9.17, 15) is 0 Å². The number of rotatable bonds is 3. The van der Waals surface area contributed by atoms with Crippen molar-refractivity contribution >= 4 is 0 Å². The van der Waals surface area contributed by atoms with E-state index >= 15 is 0 Å². The minimum atomic E-state index is 0.478. The van der Waals surface area contributed by atoms with Crippen LogP contribution >= 0.6 is 0 Å². The molecule has 106 valence electrons. The molecule has 0 aromatic heterocycles. The first kappa shape index (κ1) is 14.5. The van der Waals surface area contributed by atoms with Gasteiger partial charge in [0.1, 0.15) is 0 Å². The Kier molecular flexibility index (Phi) is 4.64. The highest BCUT2D eigenvalue weighted by Gasteiger charge is 2.26. The third-order valence-electron chi connectivity index (χ3n) is 4.85. The molecule has 2 atom stereocenters. The van der Waals surface area contributed by atoms with Crippen LogP contribution in [0.2, 0.25) is 0 Å². The minimum absolute atomic E-state index is 0.478. The largest absolute Gasteiger partial charge is 0.316 e. The molecule has 2 heteroatoms. The summed E-state index contributed by atoms with van der Waals surface area (Å²) in [5.41, 5.74) is 7.30. The van der Waals surface area contributed by atoms with Crippen molar-refractivity contribution in [1.82, 2.24) is 10.6 Å². The van der Waals surface area contributed by atoms with Gasteiger partial charge >= 0.3 is 0 Å². The molecule has 0 saturated carbocycles. The summed E-state index contributed by atoms with van der Waals surface area (Å²) in [7, 11) is 2.11. The predicted molar refractivity (Wildman–Crippen MR) is 82.8 cm³/mol. The van der Waals surface area contributed by atoms with Crippen LogP contribution in [0.25, 0.3) is 0 Å². The van der Waals surface area contributed by atoms with Gasteiger partial charge in [0.15, 0.2) is 0 Å². The molecule has 0 amide bonds. The molecule has 1 aromatic rings. The smallest absolute Gasteiger partial charge is 0.0363 e. The first-order valence-corrected chi connectivity index (χ1v) is 7.51. The van der Waals surface area contributed by atoms with E-state index in [4.69, 9.17) is 0 Å². The van der Waals surface area contributed by atoms with E-state index in [1.165, 1.54) is 47.2 Å². The van der Waals surface area contributed by atoms with Crippen LogP contribution in [0.3, 0.4) is 0 Å². The Morgan fingerprint density at radius 1 is 1.16 bits per heavy atom. The summed E-state index contributed by atoms with van der Waals surface area (Å²) < 4.78 is 0. The van der Waals surface area contributed by atoms with Crippen molar-refractivity contribution in [3.8, 4) is 0 Å². The van der Waals surface area contributed by atoms with Crippen LogP contribution < -0.4 is 10.6 Å². The van der Waals surface area contributed by atoms with Crippen LogP contribution in [0.4, 0.5) is 0 Å². The second-order valence-corrected chi connectivity index (χ2v) is 6.05. The van der Waals surface area contributed by atoms with Crippen molar-refractivity contribution in [2.45, 2.75) is 46.6 Å². The van der Waals surface area contributed by atoms with E-state index in [1.807, 2.05) is 0 Å². The van der Waals surface area contributed by atoms with E-state index in [1.54, 1.807) is 0 Å². The standard InChI is InChI=1S/C17H28N2/c1-11-9-12(2)14(4)16(13(11)3)17(18-5)15-7-6-8-19-10-15/h9,15,17-19H,6-8,10H2,1-5H3. The van der Waals surface area contributed by atoms with Gasteiger partial charge < -0.3 is 10.6 Å². The summed E-state index contributed by atoms with van der Waals surface area (Å²) in [6, 6.07) is 2.80. The Hall–Kier alpha value is -0.860. The third-order valence-corrected chi connectivity index (χ3v) is 4.85. The zero-order valence-electron chi connectivity index (χ0n) is 13.1. The predicted octanol–water partition coefficient (Wildman–Crippen LogP) is 3.18. The maximum Gasteiger partial charge on any atom is 0.0363 e. The molecule has 19 heavy (non-hydrogen) atoms. The van der Waals surface area contributed by atoms with Crippen LogP contribution in [0, 0.1) is 33.6 Å². The zero-order valence-corrected chi connectivity index (χ0v) is 13.1. The minimum Gasteiger partial charge on any atom is -0.316 e. The Morgan fingerprint density at radius 2 is 1.79 bits per heavy atom. The maximum absolute atomic E-state index is 3.58. The van der Waals surface area contributed by atoms with E-state index < -0.39 is 0 Å². The summed E-state index contributed by atoms with van der Waals surface area (Å²) in [5.74, 6) is 0.706. The molecule has 2 rings (SSSR count). The molecule has 0 bridgehead atoms. The molecule has 2 nitrogen and oxygen atoms in total. The molecule has 1 saturated heterocycles. The highest BCUT2D eigenvalue weighted by molar-refractivity contribution is 5.46. The van der Waals surface area contributed by atoms with Crippen molar-refractivity contribution in [2.75, 3.05) is 20.1 Å². The van der Waals surface area contributed by atoms with Crippen molar-refractivity contribution < 1.29 is 0 Å². The Morgan fingerprint density at radius 3 is 2.26 bits per heavy atom. The second kappa shape index (κ2) is 6.06. The van der Waals surface area contributed by atoms with E-state index in [0.29, 0.717) is 12.0 Å². The van der Waals surface area contributed by atoms with Gasteiger partial charge in [-0.25, -0.2) is 0 Å². The highest BCUT2D eigenvalue weighted by atomic mass is 14.9. The fraction of sp³-hybridized carbons (Fsp3) is 0.647. The molecule has 1 aliphatic heterocycles. The van der Waals surface area contributed by atoms with Gasteiger partial charge in [-0.3, -0.25) is 0 Å². The Labute approximate surface area is 118 Å². The summed E-state index contributed by atoms with van der Waals surface area (Å²) in [4.78, 5) is 0. The molecule has 2 N–H and O–H groups in total. The number of aryl methyl sites for hydroxylation is 2. The van der Waals surface area contributed by atoms with Gasteiger partial charge in [0.25, 0.3) is 0 Å². The second-order valence-electron chi connectivity index (χ2n) is 6.05. The SMILES string of the molecule is CNC(c1c(C)c(C)cc(C)c1C)C1CCCNC1. The van der Waals surface area contributed by atoms with Gasteiger partial charge in [0.2, 0.25) is 0 Å². The van der Waals surface area contributed by atoms with Gasteiger partial charge in [0.05, 0.1) is 0 Å². The molecule has 0 spiro atoms. The lowest BCUT2D eigenvalue weighted by Crippen LogP contribution is -2.38. The monoisotopic (exact) mass is 260 g/mol. The lowest BCUT2D eigenvalue weighted by Gasteiger charge is -2.33. The zero-order chi connectivity index (χ0) is 14.0. The summed E-state index contributed by atoms with van der Waals surface area (Å²) >= 11 is 0. The number of nitrogens with one attached hydrogen (secondary N) is 2. The Balaban J connectivity index is 2.42. The van der Waals surface area contributed by atoms with Gasteiger partial charge in [-0.05, 0) is 94.4 Å². The number of hydrogen-bond acceptors (Lipinski definition) is 2. The third kappa shape index (κ3) is 2.85. The van der Waals surface area contributed by atoms with E-state index in [-0.39, 0.29) is 0 Å². The molecule has 1 fully saturated rings. The lowest BCUT2D eigenvalue weighted by molar-refractivity contribution is 0.297. The molecule has 1 aliphatic rings. The fourth-order valence-corrected chi connectivity index (χ4v) is 3.49. The normalized spacial score (nSPS) is 21.4. The van der Waals surface area contributed by atoms with E-state index in [0.717, 1.165) is 6.54 Å². The molecule has 1 heterocycles. The van der Waals surface area contributed by atoms with Crippen molar-refractivity contribution in [1.29, 1.82) is 0 Å². The summed E-state index contributed by atoms with van der Waals surface area (Å²) in [6.45, 7) is 11.3. The number of piperidine rings is 1. The van der Waals surface area contributed by atoms with Gasteiger partial charge in [0, 0.05) is 6.04 Å². The van der Waals surface area contributed by atoms with E-state index in [2.05, 4.69) is 51.4 Å². The lowest BCUT2D eigenvalue weighted by atomic mass is 9.81. The highest BCUT2D eigenvalue weighted by Crippen LogP contribution is 2.33.